The summed E-state index contributed by atoms with van der Waals surface area (Å²) in [5.74, 6) is -2.16. The molecular formula is C16H18Cl4N2O6S. The van der Waals surface area contributed by atoms with Crippen LogP contribution >= 0.6 is 58.2 Å². The van der Waals surface area contributed by atoms with Crippen molar-refractivity contribution in [2.75, 3.05) is 19.8 Å². The van der Waals surface area contributed by atoms with E-state index in [2.05, 4.69) is 5.32 Å². The number of rotatable bonds is 6. The van der Waals surface area contributed by atoms with E-state index in [1.54, 1.807) is 6.92 Å². The molecule has 0 aromatic heterocycles. The summed E-state index contributed by atoms with van der Waals surface area (Å²) < 4.78 is 8.33. The Kier molecular flexibility index (Phi) is 8.00. The van der Waals surface area contributed by atoms with Crippen molar-refractivity contribution in [3.8, 4) is 0 Å². The molecule has 2 heterocycles. The summed E-state index contributed by atoms with van der Waals surface area (Å²) in [5, 5.41) is 2.17. The lowest BCUT2D eigenvalue weighted by molar-refractivity contribution is -0.166. The van der Waals surface area contributed by atoms with Gasteiger partial charge in [0, 0.05) is 30.3 Å². The highest BCUT2D eigenvalue weighted by Crippen LogP contribution is 2.51. The van der Waals surface area contributed by atoms with Gasteiger partial charge in [0.05, 0.1) is 0 Å². The van der Waals surface area contributed by atoms with Crippen molar-refractivity contribution in [1.29, 1.82) is 0 Å². The number of fused-ring (bicyclic) bond motifs is 1. The molecule has 0 aromatic rings. The Hall–Kier alpha value is -0.870. The molecule has 2 amide bonds. The summed E-state index contributed by atoms with van der Waals surface area (Å²) in [7, 11) is 0. The molecule has 0 spiro atoms. The highest BCUT2D eigenvalue weighted by Gasteiger charge is 2.60. The van der Waals surface area contributed by atoms with Gasteiger partial charge in [0.25, 0.3) is 0 Å². The second kappa shape index (κ2) is 9.51. The molecular weight excluding hydrogens is 490 g/mol. The van der Waals surface area contributed by atoms with Crippen molar-refractivity contribution < 1.29 is 28.7 Å². The molecule has 13 heteroatoms. The fraction of sp³-hybridized carbons (Fsp3) is 0.625. The summed E-state index contributed by atoms with van der Waals surface area (Å²) in [5.41, 5.74) is -0.427. The maximum absolute atomic E-state index is 12.9. The van der Waals surface area contributed by atoms with Crippen LogP contribution in [0.25, 0.3) is 0 Å². The SMILES string of the molecule is CCC(=O)NC1C(=O)N2CC(COC(C)=O)(C(=O)OCC(Cl)(Cl)Cl)C(=CCl)S[C@H]12. The highest BCUT2D eigenvalue weighted by molar-refractivity contribution is 8.04. The first-order valence-corrected chi connectivity index (χ1v) is 10.8. The fourth-order valence-electron chi connectivity index (χ4n) is 2.82. The number of alkyl halides is 3. The van der Waals surface area contributed by atoms with Crippen LogP contribution in [0, 0.1) is 5.41 Å². The van der Waals surface area contributed by atoms with Crippen LogP contribution in [-0.2, 0) is 28.7 Å². The number of halogens is 4. The summed E-state index contributed by atoms with van der Waals surface area (Å²) in [6.45, 7) is 1.69. The fourth-order valence-corrected chi connectivity index (χ4v) is 4.72. The van der Waals surface area contributed by atoms with Crippen molar-refractivity contribution in [2.45, 2.75) is 35.5 Å². The third-order valence-electron chi connectivity index (χ3n) is 4.32. The Morgan fingerprint density at radius 1 is 1.34 bits per heavy atom. The third kappa shape index (κ3) is 5.44. The second-order valence-electron chi connectivity index (χ2n) is 6.40. The van der Waals surface area contributed by atoms with Crippen LogP contribution in [0.3, 0.4) is 0 Å². The molecule has 3 atom stereocenters. The molecule has 8 nitrogen and oxygen atoms in total. The zero-order chi connectivity index (χ0) is 22.0. The van der Waals surface area contributed by atoms with Crippen LogP contribution < -0.4 is 5.32 Å². The molecule has 162 valence electrons. The minimum Gasteiger partial charge on any atom is -0.464 e. The van der Waals surface area contributed by atoms with Gasteiger partial charge in [0.15, 0.2) is 5.41 Å². The van der Waals surface area contributed by atoms with Crippen molar-refractivity contribution in [1.82, 2.24) is 10.2 Å². The van der Waals surface area contributed by atoms with Gasteiger partial charge in [0.2, 0.25) is 15.6 Å². The Bertz CT molecular complexity index is 743. The third-order valence-corrected chi connectivity index (χ3v) is 6.52. The van der Waals surface area contributed by atoms with Crippen molar-refractivity contribution in [3.63, 3.8) is 0 Å². The normalized spacial score (nSPS) is 27.7. The van der Waals surface area contributed by atoms with Gasteiger partial charge in [-0.15, -0.1) is 11.8 Å². The van der Waals surface area contributed by atoms with E-state index < -0.39 is 45.8 Å². The van der Waals surface area contributed by atoms with Gasteiger partial charge in [-0.05, 0) is 0 Å². The van der Waals surface area contributed by atoms with E-state index in [-0.39, 0.29) is 24.8 Å². The second-order valence-corrected chi connectivity index (χ2v) is 10.3. The summed E-state index contributed by atoms with van der Waals surface area (Å²) in [6.07, 6.45) is 0.221. The van der Waals surface area contributed by atoms with E-state index >= 15 is 0 Å². The molecule has 1 N–H and O–H groups in total. The van der Waals surface area contributed by atoms with Crippen LogP contribution in [0.5, 0.6) is 0 Å². The number of hydrogen-bond donors (Lipinski definition) is 1. The first-order chi connectivity index (χ1) is 13.4. The summed E-state index contributed by atoms with van der Waals surface area (Å²) in [4.78, 5) is 50.2. The average molecular weight is 508 g/mol. The number of amides is 2. The van der Waals surface area contributed by atoms with Gasteiger partial charge >= 0.3 is 11.9 Å². The van der Waals surface area contributed by atoms with Gasteiger partial charge in [-0.3, -0.25) is 19.2 Å². The molecule has 2 fully saturated rings. The van der Waals surface area contributed by atoms with Crippen LogP contribution in [0.1, 0.15) is 20.3 Å². The number of nitrogens with zero attached hydrogens (tertiary/aromatic N) is 1. The summed E-state index contributed by atoms with van der Waals surface area (Å²) in [6, 6.07) is -0.747. The highest BCUT2D eigenvalue weighted by atomic mass is 35.6. The van der Waals surface area contributed by atoms with Crippen LogP contribution in [0.4, 0.5) is 0 Å². The smallest absolute Gasteiger partial charge is 0.322 e. The quantitative estimate of drug-likeness (QED) is 0.334. The lowest BCUT2D eigenvalue weighted by atomic mass is 9.85. The lowest BCUT2D eigenvalue weighted by Crippen LogP contribution is -2.73. The van der Waals surface area contributed by atoms with Crippen LogP contribution in [0.15, 0.2) is 10.4 Å². The van der Waals surface area contributed by atoms with E-state index in [1.807, 2.05) is 0 Å². The van der Waals surface area contributed by atoms with E-state index in [0.29, 0.717) is 4.91 Å². The first kappa shape index (κ1) is 24.4. The molecule has 0 radical (unpaired) electrons. The molecule has 2 aliphatic heterocycles. The molecule has 2 unspecified atom stereocenters. The van der Waals surface area contributed by atoms with Gasteiger partial charge in [-0.2, -0.15) is 0 Å². The average Bonchev–Trinajstić information content (AvgIpc) is 2.66. The predicted molar refractivity (Wildman–Crippen MR) is 110 cm³/mol. The molecule has 0 saturated carbocycles. The van der Waals surface area contributed by atoms with Crippen molar-refractivity contribution >= 4 is 81.9 Å². The maximum Gasteiger partial charge on any atom is 0.322 e. The van der Waals surface area contributed by atoms with Crippen molar-refractivity contribution in [2.24, 2.45) is 5.41 Å². The molecule has 0 aromatic carbocycles. The number of ether oxygens (including phenoxy) is 2. The topological polar surface area (TPSA) is 102 Å². The molecule has 0 aliphatic carbocycles. The number of carbonyl (C=O) groups is 4. The number of thioether (sulfide) groups is 1. The Morgan fingerprint density at radius 2 is 2.00 bits per heavy atom. The van der Waals surface area contributed by atoms with Gasteiger partial charge in [0.1, 0.15) is 24.6 Å². The Labute approximate surface area is 191 Å². The van der Waals surface area contributed by atoms with E-state index in [1.165, 1.54) is 11.8 Å². The molecule has 2 saturated heterocycles. The monoisotopic (exact) mass is 506 g/mol. The maximum atomic E-state index is 12.9. The van der Waals surface area contributed by atoms with E-state index in [0.717, 1.165) is 17.3 Å². The number of esters is 2. The molecule has 2 rings (SSSR count). The number of carbonyl (C=O) groups excluding carboxylic acids is 4. The number of hydrogen-bond acceptors (Lipinski definition) is 7. The van der Waals surface area contributed by atoms with Crippen LogP contribution in [-0.4, -0.2) is 63.6 Å². The minimum absolute atomic E-state index is 0.174. The first-order valence-electron chi connectivity index (χ1n) is 8.40. The number of nitrogens with one attached hydrogen (secondary N) is 1. The Balaban J connectivity index is 2.29. The number of β-lactam (4-membered cyclic amide) rings is 1. The van der Waals surface area contributed by atoms with E-state index in [9.17, 15) is 19.2 Å². The standard InChI is InChI=1S/C16H18Cl4N2O6S/c1-3-10(24)21-11-12(25)22-5-15(6-27-8(2)23,9(4-17)29-13(11)22)14(26)28-7-16(18,19)20/h4,11,13H,3,5-7H2,1-2H3,(H,21,24)/t11?,13-,15?/m1/s1. The zero-order valence-electron chi connectivity index (χ0n) is 15.4. The largest absolute Gasteiger partial charge is 0.464 e. The van der Waals surface area contributed by atoms with Crippen LogP contribution in [0.2, 0.25) is 0 Å². The molecule has 0 bridgehead atoms. The van der Waals surface area contributed by atoms with Gasteiger partial charge in [-0.25, -0.2) is 0 Å². The zero-order valence-corrected chi connectivity index (χ0v) is 19.2. The lowest BCUT2D eigenvalue weighted by Gasteiger charge is -2.54. The van der Waals surface area contributed by atoms with Gasteiger partial charge in [-0.1, -0.05) is 53.3 Å². The van der Waals surface area contributed by atoms with Gasteiger partial charge < -0.3 is 19.7 Å². The summed E-state index contributed by atoms with van der Waals surface area (Å²) >= 11 is 24.0. The molecule has 2 aliphatic rings. The van der Waals surface area contributed by atoms with Crippen molar-refractivity contribution in [3.05, 3.63) is 10.4 Å². The predicted octanol–water partition coefficient (Wildman–Crippen LogP) is 2.34. The molecule has 29 heavy (non-hydrogen) atoms. The Morgan fingerprint density at radius 3 is 2.52 bits per heavy atom. The minimum atomic E-state index is -1.85. The van der Waals surface area contributed by atoms with E-state index in [4.69, 9.17) is 55.9 Å².